The number of aromatic nitrogens is 4. The summed E-state index contributed by atoms with van der Waals surface area (Å²) in [5, 5.41) is 20.4. The van der Waals surface area contributed by atoms with Gasteiger partial charge in [0.25, 0.3) is 0 Å². The Morgan fingerprint density at radius 1 is 1.09 bits per heavy atom. The summed E-state index contributed by atoms with van der Waals surface area (Å²) >= 11 is 0. The molecule has 19 nitrogen and oxygen atoms in total. The predicted molar refractivity (Wildman–Crippen MR) is 98.3 cm³/mol. The number of aromatic amines is 1. The van der Waals surface area contributed by atoms with Crippen molar-refractivity contribution in [3.63, 3.8) is 0 Å². The van der Waals surface area contributed by atoms with Crippen molar-refractivity contribution in [2.45, 2.75) is 24.5 Å². The van der Waals surface area contributed by atoms with Crippen LogP contribution in [0.4, 0.5) is 5.82 Å². The summed E-state index contributed by atoms with van der Waals surface area (Å²) in [4.78, 5) is 57.7. The molecule has 32 heavy (non-hydrogen) atoms. The third-order valence-corrected chi connectivity index (χ3v) is 7.75. The molecule has 3 rings (SSSR count). The largest absolute Gasteiger partial charge is 0.490 e. The molecule has 0 aliphatic carbocycles. The van der Waals surface area contributed by atoms with Crippen LogP contribution in [0, 0.1) is 0 Å². The second-order valence-electron chi connectivity index (χ2n) is 6.19. The first kappa shape index (κ1) is 25.1. The molecule has 1 fully saturated rings. The van der Waals surface area contributed by atoms with Gasteiger partial charge in [-0.15, -0.1) is 0 Å². The standard InChI is InChI=1S/C10H16N5O14P3/c11-7-4-8(13-2-12-7)15(10(18)14-4)9-6(17)5(16)3(27-9)1-26-31(22,23)29-32(24,25)28-30(19,20)21/h2-3,5-6,9,16-17H,1H2,(H,14,18)(H,22,23)(H,24,25)(H2,11,12,13)(H2,19,20,21)/t3-,5-,6-,9-/m1/s1. The molecule has 0 radical (unpaired) electrons. The zero-order chi connectivity index (χ0) is 24.1. The van der Waals surface area contributed by atoms with Gasteiger partial charge in [0.15, 0.2) is 17.7 Å². The molecule has 1 aliphatic rings. The lowest BCUT2D eigenvalue weighted by Crippen LogP contribution is -2.35. The molecule has 2 unspecified atom stereocenters. The molecular weight excluding hydrogens is 507 g/mol. The molecule has 6 atom stereocenters. The number of aliphatic hydroxyl groups is 2. The average molecular weight is 523 g/mol. The van der Waals surface area contributed by atoms with Gasteiger partial charge in [0.1, 0.15) is 30.2 Å². The summed E-state index contributed by atoms with van der Waals surface area (Å²) in [6.45, 7) is -1.05. The number of nitrogens with two attached hydrogens (primary N) is 1. The number of fused-ring (bicyclic) bond motifs is 1. The molecule has 180 valence electrons. The number of nitrogens with one attached hydrogen (secondary N) is 1. The summed E-state index contributed by atoms with van der Waals surface area (Å²) < 4.78 is 51.3. The Hall–Kier alpha value is -1.56. The van der Waals surface area contributed by atoms with Crippen molar-refractivity contribution in [2.24, 2.45) is 0 Å². The van der Waals surface area contributed by atoms with E-state index in [4.69, 9.17) is 25.2 Å². The van der Waals surface area contributed by atoms with E-state index in [1.54, 1.807) is 0 Å². The van der Waals surface area contributed by atoms with Gasteiger partial charge in [0.05, 0.1) is 6.61 Å². The highest BCUT2D eigenvalue weighted by molar-refractivity contribution is 7.66. The Bertz CT molecular complexity index is 1210. The smallest absolute Gasteiger partial charge is 0.387 e. The van der Waals surface area contributed by atoms with Crippen LogP contribution in [-0.2, 0) is 31.6 Å². The van der Waals surface area contributed by atoms with Crippen LogP contribution < -0.4 is 11.4 Å². The number of phosphoric ester groups is 1. The number of imidazole rings is 1. The van der Waals surface area contributed by atoms with E-state index in [-0.39, 0.29) is 17.0 Å². The van der Waals surface area contributed by atoms with Crippen LogP contribution in [0.25, 0.3) is 11.2 Å². The molecule has 9 N–H and O–H groups in total. The van der Waals surface area contributed by atoms with E-state index in [9.17, 15) is 33.6 Å². The monoisotopic (exact) mass is 523 g/mol. The Morgan fingerprint density at radius 2 is 1.75 bits per heavy atom. The summed E-state index contributed by atoms with van der Waals surface area (Å²) in [6.07, 6.45) is -5.72. The van der Waals surface area contributed by atoms with E-state index in [2.05, 4.69) is 28.1 Å². The second-order valence-corrected chi connectivity index (χ2v) is 10.6. The summed E-state index contributed by atoms with van der Waals surface area (Å²) in [6, 6.07) is 0. The van der Waals surface area contributed by atoms with Crippen LogP contribution in [0.1, 0.15) is 6.23 Å². The topological polar surface area (TPSA) is 299 Å². The Morgan fingerprint density at radius 3 is 2.38 bits per heavy atom. The van der Waals surface area contributed by atoms with Crippen molar-refractivity contribution < 1.29 is 61.4 Å². The molecule has 22 heteroatoms. The fourth-order valence-corrected chi connectivity index (χ4v) is 5.77. The molecule has 2 aromatic rings. The maximum atomic E-state index is 12.3. The molecule has 0 bridgehead atoms. The number of nitrogen functional groups attached to an aromatic ring is 1. The van der Waals surface area contributed by atoms with Gasteiger partial charge in [-0.25, -0.2) is 33.0 Å². The lowest BCUT2D eigenvalue weighted by molar-refractivity contribution is -0.0517. The van der Waals surface area contributed by atoms with E-state index >= 15 is 0 Å². The summed E-state index contributed by atoms with van der Waals surface area (Å²) in [5.74, 6) is -0.0944. The van der Waals surface area contributed by atoms with E-state index in [1.165, 1.54) is 0 Å². The highest BCUT2D eigenvalue weighted by atomic mass is 31.3. The van der Waals surface area contributed by atoms with Crippen LogP contribution >= 0.6 is 23.5 Å². The van der Waals surface area contributed by atoms with Crippen molar-refractivity contribution in [2.75, 3.05) is 12.3 Å². The number of aliphatic hydroxyl groups excluding tert-OH is 2. The first-order valence-corrected chi connectivity index (χ1v) is 12.6. The number of ether oxygens (including phenoxy) is 1. The molecule has 0 saturated carbocycles. The SMILES string of the molecule is Nc1ncnc2c1[nH]c(=O)n2[C@@H]1O[C@H](COP(=O)(O)OP(=O)(O)OP(=O)(O)O)[C@@H](O)[C@H]1O. The van der Waals surface area contributed by atoms with Gasteiger partial charge < -0.3 is 45.2 Å². The molecule has 3 heterocycles. The Labute approximate surface area is 175 Å². The Kier molecular flexibility index (Phi) is 6.78. The van der Waals surface area contributed by atoms with Gasteiger partial charge in [-0.05, 0) is 0 Å². The minimum Gasteiger partial charge on any atom is -0.387 e. The molecule has 0 amide bonds. The zero-order valence-corrected chi connectivity index (χ0v) is 18.0. The van der Waals surface area contributed by atoms with Gasteiger partial charge in [0.2, 0.25) is 0 Å². The summed E-state index contributed by atoms with van der Waals surface area (Å²) in [7, 11) is -16.8. The first-order chi connectivity index (χ1) is 14.6. The molecule has 1 saturated heterocycles. The van der Waals surface area contributed by atoms with Crippen LogP contribution in [0.2, 0.25) is 0 Å². The number of hydrogen-bond donors (Lipinski definition) is 8. The maximum Gasteiger partial charge on any atom is 0.490 e. The van der Waals surface area contributed by atoms with E-state index in [0.717, 1.165) is 10.9 Å². The normalized spacial score (nSPS) is 27.9. The maximum absolute atomic E-state index is 12.3. The highest BCUT2D eigenvalue weighted by Crippen LogP contribution is 2.66. The number of nitrogens with zero attached hydrogens (tertiary/aromatic N) is 3. The van der Waals surface area contributed by atoms with Crippen molar-refractivity contribution in [3.8, 4) is 0 Å². The molecular formula is C10H16N5O14P3. The number of phosphoric acid groups is 3. The first-order valence-electron chi connectivity index (χ1n) is 8.11. The molecule has 0 spiro atoms. The van der Waals surface area contributed by atoms with Gasteiger partial charge in [0, 0.05) is 0 Å². The average Bonchev–Trinajstić information content (AvgIpc) is 3.08. The lowest BCUT2D eigenvalue weighted by Gasteiger charge is -2.19. The van der Waals surface area contributed by atoms with Crippen LogP contribution in [0.15, 0.2) is 11.1 Å². The Balaban J connectivity index is 1.74. The van der Waals surface area contributed by atoms with E-state index in [0.29, 0.717) is 0 Å². The van der Waals surface area contributed by atoms with Gasteiger partial charge in [-0.3, -0.25) is 4.52 Å². The van der Waals surface area contributed by atoms with Gasteiger partial charge in [-0.1, -0.05) is 0 Å². The second kappa shape index (κ2) is 8.66. The fourth-order valence-electron chi connectivity index (χ4n) is 2.74. The number of H-pyrrole nitrogens is 1. The van der Waals surface area contributed by atoms with Crippen molar-refractivity contribution >= 4 is 40.4 Å². The molecule has 2 aromatic heterocycles. The third-order valence-electron chi connectivity index (χ3n) is 3.95. The van der Waals surface area contributed by atoms with Crippen LogP contribution in [0.3, 0.4) is 0 Å². The van der Waals surface area contributed by atoms with E-state index in [1.807, 2.05) is 0 Å². The lowest BCUT2D eigenvalue weighted by atomic mass is 10.1. The minimum absolute atomic E-state index is 0.0134. The van der Waals surface area contributed by atoms with Gasteiger partial charge in [-0.2, -0.15) is 8.62 Å². The fraction of sp³-hybridized carbons (Fsp3) is 0.500. The number of rotatable bonds is 8. The van der Waals surface area contributed by atoms with Gasteiger partial charge >= 0.3 is 29.2 Å². The van der Waals surface area contributed by atoms with Crippen LogP contribution in [0.5, 0.6) is 0 Å². The molecule has 1 aliphatic heterocycles. The minimum atomic E-state index is -5.74. The predicted octanol–water partition coefficient (Wildman–Crippen LogP) is -2.34. The van der Waals surface area contributed by atoms with Crippen molar-refractivity contribution in [1.29, 1.82) is 0 Å². The van der Waals surface area contributed by atoms with Crippen molar-refractivity contribution in [3.05, 3.63) is 16.8 Å². The van der Waals surface area contributed by atoms with E-state index < -0.39 is 60.3 Å². The van der Waals surface area contributed by atoms with Crippen molar-refractivity contribution in [1.82, 2.24) is 19.5 Å². The zero-order valence-electron chi connectivity index (χ0n) is 15.3. The number of hydrogen-bond acceptors (Lipinski definition) is 13. The third kappa shape index (κ3) is 5.49. The summed E-state index contributed by atoms with van der Waals surface area (Å²) in [5.41, 5.74) is 4.70. The molecule has 0 aromatic carbocycles. The quantitative estimate of drug-likeness (QED) is 0.168. The highest BCUT2D eigenvalue weighted by Gasteiger charge is 2.47. The number of anilines is 1. The van der Waals surface area contributed by atoms with Crippen LogP contribution in [-0.4, -0.2) is 74.2 Å².